The molecule has 1 amide bonds. The van der Waals surface area contributed by atoms with Crippen LogP contribution in [0.1, 0.15) is 11.3 Å². The van der Waals surface area contributed by atoms with Crippen molar-refractivity contribution in [1.29, 1.82) is 0 Å². The molecule has 0 fully saturated rings. The molecule has 3 aromatic rings. The van der Waals surface area contributed by atoms with E-state index in [4.69, 9.17) is 11.6 Å². The Morgan fingerprint density at radius 2 is 1.60 bits per heavy atom. The number of aromatic nitrogens is 2. The summed E-state index contributed by atoms with van der Waals surface area (Å²) >= 11 is 6.35. The number of rotatable bonds is 3. The molecule has 0 spiro atoms. The van der Waals surface area contributed by atoms with Gasteiger partial charge in [0.05, 0.1) is 12.2 Å². The Morgan fingerprint density at radius 1 is 0.920 bits per heavy atom. The van der Waals surface area contributed by atoms with E-state index in [1.165, 1.54) is 5.56 Å². The Labute approximate surface area is 151 Å². The Bertz CT molecular complexity index is 910. The molecule has 124 valence electrons. The van der Waals surface area contributed by atoms with Crippen LogP contribution >= 0.6 is 11.6 Å². The Morgan fingerprint density at radius 3 is 2.32 bits per heavy atom. The van der Waals surface area contributed by atoms with Crippen LogP contribution in [0.25, 0.3) is 22.5 Å². The Hall–Kier alpha value is -2.72. The van der Waals surface area contributed by atoms with Crippen LogP contribution in [-0.4, -0.2) is 27.8 Å². The number of hydrogen-bond acceptors (Lipinski definition) is 3. The van der Waals surface area contributed by atoms with Gasteiger partial charge in [0, 0.05) is 24.1 Å². The average molecular weight is 350 g/mol. The molecular formula is C20H16ClN3O. The fourth-order valence-corrected chi connectivity index (χ4v) is 3.31. The minimum Gasteiger partial charge on any atom is -0.340 e. The second-order valence-electron chi connectivity index (χ2n) is 6.03. The summed E-state index contributed by atoms with van der Waals surface area (Å²) in [5, 5.41) is 0.429. The molecule has 0 unspecified atom stereocenters. The third-order valence-corrected chi connectivity index (χ3v) is 4.75. The molecule has 0 radical (unpaired) electrons. The number of fused-ring (bicyclic) bond motifs is 1. The van der Waals surface area contributed by atoms with Crippen molar-refractivity contribution in [2.45, 2.75) is 13.0 Å². The lowest BCUT2D eigenvalue weighted by molar-refractivity contribution is -0.118. The van der Waals surface area contributed by atoms with E-state index in [9.17, 15) is 4.79 Å². The van der Waals surface area contributed by atoms with Crippen molar-refractivity contribution in [3.05, 3.63) is 71.0 Å². The van der Waals surface area contributed by atoms with Crippen LogP contribution in [0.5, 0.6) is 0 Å². The molecule has 2 heterocycles. The molecule has 1 aliphatic heterocycles. The summed E-state index contributed by atoms with van der Waals surface area (Å²) in [7, 11) is 0. The third-order valence-electron chi connectivity index (χ3n) is 4.44. The van der Waals surface area contributed by atoms with Gasteiger partial charge in [0.25, 0.3) is 0 Å². The van der Waals surface area contributed by atoms with Crippen LogP contribution < -0.4 is 0 Å². The van der Waals surface area contributed by atoms with Gasteiger partial charge < -0.3 is 4.90 Å². The first-order valence-electron chi connectivity index (χ1n) is 8.15. The highest BCUT2D eigenvalue weighted by molar-refractivity contribution is 6.30. The van der Waals surface area contributed by atoms with Crippen LogP contribution in [0.3, 0.4) is 0 Å². The highest BCUT2D eigenvalue weighted by Gasteiger charge is 2.21. The van der Waals surface area contributed by atoms with E-state index in [1.807, 2.05) is 30.3 Å². The molecule has 4 nitrogen and oxygen atoms in total. The predicted molar refractivity (Wildman–Crippen MR) is 98.1 cm³/mol. The summed E-state index contributed by atoms with van der Waals surface area (Å²) in [5.74, 6) is 0.628. The monoisotopic (exact) mass is 349 g/mol. The standard InChI is InChI=1S/C20H16ClN3O/c21-19-17-12-24(13-25)11-10-18(17)22-20(23-19)16-8-6-15(7-9-16)14-4-2-1-3-5-14/h1-9,13H,10-12H2. The highest BCUT2D eigenvalue weighted by atomic mass is 35.5. The summed E-state index contributed by atoms with van der Waals surface area (Å²) in [6.45, 7) is 1.14. The number of hydrogen-bond donors (Lipinski definition) is 0. The quantitative estimate of drug-likeness (QED) is 0.530. The van der Waals surface area contributed by atoms with Crippen LogP contribution in [0, 0.1) is 0 Å². The van der Waals surface area contributed by atoms with Crippen molar-refractivity contribution in [2.24, 2.45) is 0 Å². The first kappa shape index (κ1) is 15.8. The van der Waals surface area contributed by atoms with Gasteiger partial charge in [-0.2, -0.15) is 0 Å². The largest absolute Gasteiger partial charge is 0.340 e. The number of carbonyl (C=O) groups is 1. The molecule has 1 aromatic heterocycles. The number of halogens is 1. The van der Waals surface area contributed by atoms with Gasteiger partial charge in [-0.15, -0.1) is 0 Å². The van der Waals surface area contributed by atoms with Gasteiger partial charge >= 0.3 is 0 Å². The van der Waals surface area contributed by atoms with Gasteiger partial charge in [0.2, 0.25) is 6.41 Å². The van der Waals surface area contributed by atoms with Crippen molar-refractivity contribution in [1.82, 2.24) is 14.9 Å². The minimum atomic E-state index is 0.429. The van der Waals surface area contributed by atoms with Crippen molar-refractivity contribution in [3.8, 4) is 22.5 Å². The molecule has 5 heteroatoms. The maximum Gasteiger partial charge on any atom is 0.210 e. The van der Waals surface area contributed by atoms with Crippen LogP contribution in [-0.2, 0) is 17.8 Å². The highest BCUT2D eigenvalue weighted by Crippen LogP contribution is 2.28. The second kappa shape index (κ2) is 6.65. The summed E-state index contributed by atoms with van der Waals surface area (Å²) in [4.78, 5) is 21.8. The van der Waals surface area contributed by atoms with Crippen molar-refractivity contribution < 1.29 is 4.79 Å². The first-order chi connectivity index (χ1) is 12.2. The van der Waals surface area contributed by atoms with E-state index in [0.29, 0.717) is 30.5 Å². The van der Waals surface area contributed by atoms with Crippen molar-refractivity contribution in [2.75, 3.05) is 6.54 Å². The Kier molecular flexibility index (Phi) is 4.20. The van der Waals surface area contributed by atoms with Crippen LogP contribution in [0.4, 0.5) is 0 Å². The number of nitrogens with zero attached hydrogens (tertiary/aromatic N) is 3. The lowest BCUT2D eigenvalue weighted by Crippen LogP contribution is -2.30. The molecule has 0 N–H and O–H groups in total. The summed E-state index contributed by atoms with van der Waals surface area (Å²) in [5.41, 5.74) is 5.04. The molecule has 0 atom stereocenters. The van der Waals surface area contributed by atoms with E-state index in [-0.39, 0.29) is 0 Å². The predicted octanol–water partition coefficient (Wildman–Crippen LogP) is 3.98. The number of carbonyl (C=O) groups excluding carboxylic acids is 1. The zero-order valence-electron chi connectivity index (χ0n) is 13.5. The fraction of sp³-hybridized carbons (Fsp3) is 0.150. The van der Waals surface area contributed by atoms with Crippen LogP contribution in [0.15, 0.2) is 54.6 Å². The summed E-state index contributed by atoms with van der Waals surface area (Å²) < 4.78 is 0. The van der Waals surface area contributed by atoms with E-state index < -0.39 is 0 Å². The van der Waals surface area contributed by atoms with E-state index in [2.05, 4.69) is 34.2 Å². The lowest BCUT2D eigenvalue weighted by atomic mass is 10.0. The Balaban J connectivity index is 1.66. The zero-order valence-corrected chi connectivity index (χ0v) is 14.3. The fourth-order valence-electron chi connectivity index (χ4n) is 3.06. The zero-order chi connectivity index (χ0) is 17.2. The average Bonchev–Trinajstić information content (AvgIpc) is 2.68. The second-order valence-corrected chi connectivity index (χ2v) is 6.39. The molecule has 4 rings (SSSR count). The first-order valence-corrected chi connectivity index (χ1v) is 8.53. The maximum absolute atomic E-state index is 11.0. The topological polar surface area (TPSA) is 46.1 Å². The molecule has 0 saturated carbocycles. The minimum absolute atomic E-state index is 0.429. The molecule has 0 aliphatic carbocycles. The maximum atomic E-state index is 11.0. The van der Waals surface area contributed by atoms with Gasteiger partial charge in [-0.25, -0.2) is 9.97 Å². The van der Waals surface area contributed by atoms with Crippen LogP contribution in [0.2, 0.25) is 5.15 Å². The van der Waals surface area contributed by atoms with Gasteiger partial charge in [0.15, 0.2) is 5.82 Å². The van der Waals surface area contributed by atoms with E-state index >= 15 is 0 Å². The third kappa shape index (κ3) is 3.13. The van der Waals surface area contributed by atoms with Gasteiger partial charge in [-0.3, -0.25) is 4.79 Å². The smallest absolute Gasteiger partial charge is 0.210 e. The summed E-state index contributed by atoms with van der Waals surface area (Å²) in [6, 6.07) is 18.4. The molecule has 2 aromatic carbocycles. The van der Waals surface area contributed by atoms with Gasteiger partial charge in [0.1, 0.15) is 5.15 Å². The number of benzene rings is 2. The van der Waals surface area contributed by atoms with Crippen molar-refractivity contribution in [3.63, 3.8) is 0 Å². The van der Waals surface area contributed by atoms with Gasteiger partial charge in [-0.05, 0) is 11.1 Å². The molecular weight excluding hydrogens is 334 g/mol. The molecule has 25 heavy (non-hydrogen) atoms. The van der Waals surface area contributed by atoms with E-state index in [0.717, 1.165) is 28.8 Å². The normalized spacial score (nSPS) is 13.4. The molecule has 0 saturated heterocycles. The SMILES string of the molecule is O=CN1CCc2nc(-c3ccc(-c4ccccc4)cc3)nc(Cl)c2C1. The summed E-state index contributed by atoms with van der Waals surface area (Å²) in [6.07, 6.45) is 1.54. The lowest BCUT2D eigenvalue weighted by Gasteiger charge is -2.25. The van der Waals surface area contributed by atoms with Crippen molar-refractivity contribution >= 4 is 18.0 Å². The van der Waals surface area contributed by atoms with E-state index in [1.54, 1.807) is 4.90 Å². The van der Waals surface area contributed by atoms with Gasteiger partial charge in [-0.1, -0.05) is 66.2 Å². The number of amides is 1. The molecule has 0 bridgehead atoms. The molecule has 1 aliphatic rings.